The fourth-order valence-corrected chi connectivity index (χ4v) is 2.44. The van der Waals surface area contributed by atoms with Gasteiger partial charge in [-0.3, -0.25) is 9.78 Å². The van der Waals surface area contributed by atoms with E-state index in [2.05, 4.69) is 15.6 Å². The molecule has 2 N–H and O–H groups in total. The molecular formula is C19H15ClFN3O. The zero-order valence-corrected chi connectivity index (χ0v) is 13.9. The number of hydrogen-bond donors (Lipinski definition) is 2. The van der Waals surface area contributed by atoms with Gasteiger partial charge in [-0.15, -0.1) is 0 Å². The van der Waals surface area contributed by atoms with Crippen molar-refractivity contribution in [3.05, 3.63) is 89.0 Å². The van der Waals surface area contributed by atoms with E-state index in [1.165, 1.54) is 18.3 Å². The summed E-state index contributed by atoms with van der Waals surface area (Å²) in [6, 6.07) is 16.6. The van der Waals surface area contributed by atoms with Gasteiger partial charge in [0.05, 0.1) is 0 Å². The SMILES string of the molecule is O=C(NCc1ccccc1Cl)c1cc(Nc2ccc(F)cc2)ccn1. The average molecular weight is 356 g/mol. The van der Waals surface area contributed by atoms with Crippen molar-refractivity contribution < 1.29 is 9.18 Å². The highest BCUT2D eigenvalue weighted by atomic mass is 35.5. The molecule has 0 bridgehead atoms. The number of rotatable bonds is 5. The van der Waals surface area contributed by atoms with E-state index in [4.69, 9.17) is 11.6 Å². The van der Waals surface area contributed by atoms with Gasteiger partial charge < -0.3 is 10.6 Å². The van der Waals surface area contributed by atoms with Crippen LogP contribution in [0.2, 0.25) is 5.02 Å². The monoisotopic (exact) mass is 355 g/mol. The maximum Gasteiger partial charge on any atom is 0.270 e. The highest BCUT2D eigenvalue weighted by Gasteiger charge is 2.09. The Hall–Kier alpha value is -2.92. The summed E-state index contributed by atoms with van der Waals surface area (Å²) in [5.41, 5.74) is 2.51. The van der Waals surface area contributed by atoms with Crippen LogP contribution in [0.25, 0.3) is 0 Å². The summed E-state index contributed by atoms with van der Waals surface area (Å²) >= 11 is 6.08. The number of hydrogen-bond acceptors (Lipinski definition) is 3. The molecule has 3 aromatic rings. The Morgan fingerprint density at radius 2 is 1.80 bits per heavy atom. The lowest BCUT2D eigenvalue weighted by Crippen LogP contribution is -2.24. The van der Waals surface area contributed by atoms with Crippen LogP contribution in [0.1, 0.15) is 16.1 Å². The van der Waals surface area contributed by atoms with Gasteiger partial charge in [0.15, 0.2) is 0 Å². The van der Waals surface area contributed by atoms with Crippen LogP contribution in [-0.4, -0.2) is 10.9 Å². The highest BCUT2D eigenvalue weighted by molar-refractivity contribution is 6.31. The summed E-state index contributed by atoms with van der Waals surface area (Å²) in [6.45, 7) is 0.315. The molecule has 25 heavy (non-hydrogen) atoms. The van der Waals surface area contributed by atoms with Gasteiger partial charge in [-0.1, -0.05) is 29.8 Å². The largest absolute Gasteiger partial charge is 0.355 e. The van der Waals surface area contributed by atoms with Gasteiger partial charge in [-0.25, -0.2) is 4.39 Å². The normalized spacial score (nSPS) is 10.3. The molecule has 0 aliphatic heterocycles. The van der Waals surface area contributed by atoms with Crippen molar-refractivity contribution in [2.75, 3.05) is 5.32 Å². The van der Waals surface area contributed by atoms with Crippen molar-refractivity contribution in [3.8, 4) is 0 Å². The topological polar surface area (TPSA) is 54.0 Å². The van der Waals surface area contributed by atoms with E-state index >= 15 is 0 Å². The molecule has 4 nitrogen and oxygen atoms in total. The third kappa shape index (κ3) is 4.55. The summed E-state index contributed by atoms with van der Waals surface area (Å²) in [5, 5.41) is 6.49. The van der Waals surface area contributed by atoms with E-state index in [1.54, 1.807) is 30.3 Å². The minimum atomic E-state index is -0.306. The zero-order chi connectivity index (χ0) is 17.6. The Bertz CT molecular complexity index is 884. The molecule has 2 aromatic carbocycles. The summed E-state index contributed by atoms with van der Waals surface area (Å²) in [6.07, 6.45) is 1.54. The van der Waals surface area contributed by atoms with Crippen molar-refractivity contribution in [3.63, 3.8) is 0 Å². The van der Waals surface area contributed by atoms with Gasteiger partial charge in [0.25, 0.3) is 5.91 Å². The summed E-state index contributed by atoms with van der Waals surface area (Å²) < 4.78 is 12.9. The number of pyridine rings is 1. The first-order valence-corrected chi connectivity index (χ1v) is 8.00. The summed E-state index contributed by atoms with van der Waals surface area (Å²) in [5.74, 6) is -0.609. The van der Waals surface area contributed by atoms with Crippen LogP contribution in [0.4, 0.5) is 15.8 Å². The number of benzene rings is 2. The van der Waals surface area contributed by atoms with Gasteiger partial charge in [0, 0.05) is 29.1 Å². The van der Waals surface area contributed by atoms with E-state index in [0.717, 1.165) is 11.3 Å². The molecule has 6 heteroatoms. The molecule has 0 aliphatic rings. The first-order chi connectivity index (χ1) is 12.1. The van der Waals surface area contributed by atoms with Crippen molar-refractivity contribution >= 4 is 28.9 Å². The van der Waals surface area contributed by atoms with Gasteiger partial charge >= 0.3 is 0 Å². The lowest BCUT2D eigenvalue weighted by molar-refractivity contribution is 0.0946. The van der Waals surface area contributed by atoms with E-state index in [-0.39, 0.29) is 17.4 Å². The van der Waals surface area contributed by atoms with Crippen molar-refractivity contribution in [2.45, 2.75) is 6.54 Å². The second-order valence-corrected chi connectivity index (χ2v) is 5.74. The molecule has 0 unspecified atom stereocenters. The molecular weight excluding hydrogens is 341 g/mol. The molecule has 1 aromatic heterocycles. The number of nitrogens with zero attached hydrogens (tertiary/aromatic N) is 1. The van der Waals surface area contributed by atoms with E-state index in [1.807, 2.05) is 18.2 Å². The Morgan fingerprint density at radius 3 is 2.56 bits per heavy atom. The van der Waals surface area contributed by atoms with Crippen molar-refractivity contribution in [2.24, 2.45) is 0 Å². The molecule has 0 saturated heterocycles. The first kappa shape index (κ1) is 16.9. The number of halogens is 2. The smallest absolute Gasteiger partial charge is 0.270 e. The summed E-state index contributed by atoms with van der Waals surface area (Å²) in [4.78, 5) is 16.4. The van der Waals surface area contributed by atoms with Crippen molar-refractivity contribution in [1.82, 2.24) is 10.3 Å². The number of carbonyl (C=O) groups is 1. The molecule has 126 valence electrons. The number of amides is 1. The fraction of sp³-hybridized carbons (Fsp3) is 0.0526. The maximum absolute atomic E-state index is 12.9. The number of nitrogens with one attached hydrogen (secondary N) is 2. The van der Waals surface area contributed by atoms with Gasteiger partial charge in [0.2, 0.25) is 0 Å². The van der Waals surface area contributed by atoms with Crippen LogP contribution in [0.3, 0.4) is 0 Å². The second-order valence-electron chi connectivity index (χ2n) is 5.34. The maximum atomic E-state index is 12.9. The fourth-order valence-electron chi connectivity index (χ4n) is 2.24. The predicted octanol–water partition coefficient (Wildman–Crippen LogP) is 4.55. The zero-order valence-electron chi connectivity index (χ0n) is 13.2. The summed E-state index contributed by atoms with van der Waals surface area (Å²) in [7, 11) is 0. The second kappa shape index (κ2) is 7.77. The van der Waals surface area contributed by atoms with Crippen molar-refractivity contribution in [1.29, 1.82) is 0 Å². The lowest BCUT2D eigenvalue weighted by Gasteiger charge is -2.09. The Kier molecular flexibility index (Phi) is 5.26. The minimum absolute atomic E-state index is 0.277. The molecule has 0 radical (unpaired) electrons. The third-order valence-electron chi connectivity index (χ3n) is 3.52. The Labute approximate surface area is 149 Å². The molecule has 0 spiro atoms. The number of carbonyl (C=O) groups excluding carboxylic acids is 1. The molecule has 0 atom stereocenters. The Balaban J connectivity index is 1.67. The van der Waals surface area contributed by atoms with Crippen LogP contribution in [-0.2, 0) is 6.54 Å². The molecule has 0 saturated carbocycles. The van der Waals surface area contributed by atoms with Gasteiger partial charge in [-0.2, -0.15) is 0 Å². The first-order valence-electron chi connectivity index (χ1n) is 7.62. The standard InChI is InChI=1S/C19H15ClFN3O/c20-17-4-2-1-3-13(17)12-23-19(25)18-11-16(9-10-22-18)24-15-7-5-14(21)6-8-15/h1-11H,12H2,(H,22,24)(H,23,25). The predicted molar refractivity (Wildman–Crippen MR) is 96.5 cm³/mol. The minimum Gasteiger partial charge on any atom is -0.355 e. The molecule has 0 aliphatic carbocycles. The van der Waals surface area contributed by atoms with Gasteiger partial charge in [-0.05, 0) is 48.0 Å². The number of aromatic nitrogens is 1. The molecule has 1 heterocycles. The van der Waals surface area contributed by atoms with Crippen LogP contribution in [0, 0.1) is 5.82 Å². The quantitative estimate of drug-likeness (QED) is 0.706. The van der Waals surface area contributed by atoms with E-state index in [9.17, 15) is 9.18 Å². The lowest BCUT2D eigenvalue weighted by atomic mass is 10.2. The van der Waals surface area contributed by atoms with Crippen LogP contribution in [0.15, 0.2) is 66.9 Å². The van der Waals surface area contributed by atoms with Crippen LogP contribution >= 0.6 is 11.6 Å². The average Bonchev–Trinajstić information content (AvgIpc) is 2.63. The van der Waals surface area contributed by atoms with Crippen LogP contribution in [0.5, 0.6) is 0 Å². The molecule has 1 amide bonds. The van der Waals surface area contributed by atoms with Crippen LogP contribution < -0.4 is 10.6 Å². The molecule has 0 fully saturated rings. The van der Waals surface area contributed by atoms with Gasteiger partial charge in [0.1, 0.15) is 11.5 Å². The third-order valence-corrected chi connectivity index (χ3v) is 3.89. The molecule has 3 rings (SSSR count). The highest BCUT2D eigenvalue weighted by Crippen LogP contribution is 2.18. The van der Waals surface area contributed by atoms with E-state index < -0.39 is 0 Å². The number of anilines is 2. The van der Waals surface area contributed by atoms with E-state index in [0.29, 0.717) is 17.3 Å². The Morgan fingerprint density at radius 1 is 1.04 bits per heavy atom.